The van der Waals surface area contributed by atoms with Crippen molar-refractivity contribution in [3.05, 3.63) is 72.8 Å². The van der Waals surface area contributed by atoms with Gasteiger partial charge in [-0.1, -0.05) is 96.8 Å². The molecule has 0 aromatic heterocycles. The maximum Gasteiger partial charge on any atom is 0.325 e. The van der Waals surface area contributed by atoms with E-state index in [1.807, 2.05) is 0 Å². The number of nitrogens with one attached hydrogen (secondary N) is 2. The summed E-state index contributed by atoms with van der Waals surface area (Å²) >= 11 is 0. The zero-order valence-corrected chi connectivity index (χ0v) is 26.3. The van der Waals surface area contributed by atoms with Crippen LogP contribution in [0.4, 0.5) is 10.5 Å². The van der Waals surface area contributed by atoms with E-state index in [0.29, 0.717) is 35.1 Å². The first-order chi connectivity index (χ1) is 21.5. The molecule has 0 aliphatic rings. The number of benzene rings is 3. The van der Waals surface area contributed by atoms with E-state index >= 15 is 0 Å². The van der Waals surface area contributed by atoms with Crippen LogP contribution >= 0.6 is 0 Å². The van der Waals surface area contributed by atoms with Gasteiger partial charge in [-0.25, -0.2) is 4.79 Å². The van der Waals surface area contributed by atoms with Gasteiger partial charge < -0.3 is 19.9 Å². The number of amides is 3. The van der Waals surface area contributed by atoms with E-state index in [1.165, 1.54) is 77.0 Å². The summed E-state index contributed by atoms with van der Waals surface area (Å²) in [6.07, 6.45) is 19.5. The zero-order chi connectivity index (χ0) is 31.2. The molecule has 238 valence electrons. The lowest BCUT2D eigenvalue weighted by molar-refractivity contribution is -0.120. The molecule has 0 unspecified atom stereocenters. The van der Waals surface area contributed by atoms with Crippen molar-refractivity contribution in [3.8, 4) is 28.7 Å². The Labute approximate surface area is 263 Å². The van der Waals surface area contributed by atoms with Gasteiger partial charge in [-0.05, 0) is 79.2 Å². The highest BCUT2D eigenvalue weighted by atomic mass is 16.5. The van der Waals surface area contributed by atoms with Crippen LogP contribution in [0.1, 0.15) is 110 Å². The Morgan fingerprint density at radius 3 is 1.34 bits per heavy atom. The Kier molecular flexibility index (Phi) is 16.3. The smallest absolute Gasteiger partial charge is 0.325 e. The Morgan fingerprint density at radius 2 is 0.909 bits per heavy atom. The highest BCUT2D eigenvalue weighted by Gasteiger charge is 2.08. The summed E-state index contributed by atoms with van der Waals surface area (Å²) in [5, 5.41) is 14.5. The molecule has 7 heteroatoms. The normalized spacial score (nSPS) is 10.8. The molecule has 0 saturated heterocycles. The predicted molar refractivity (Wildman–Crippen MR) is 178 cm³/mol. The SMILES string of the molecule is CCCCCCCCCCCCCCCCCC(=O)NC(=O)Nc1ccc(Oc2ccc(Oc3ccc(O)cc3)cc2)cc1. The summed E-state index contributed by atoms with van der Waals surface area (Å²) in [5.41, 5.74) is 0.562. The molecule has 0 aliphatic heterocycles. The number of unbranched alkanes of at least 4 members (excludes halogenated alkanes) is 14. The van der Waals surface area contributed by atoms with Crippen molar-refractivity contribution in [2.24, 2.45) is 0 Å². The van der Waals surface area contributed by atoms with Gasteiger partial charge in [0.25, 0.3) is 0 Å². The van der Waals surface area contributed by atoms with E-state index in [-0.39, 0.29) is 11.7 Å². The van der Waals surface area contributed by atoms with E-state index in [4.69, 9.17) is 9.47 Å². The molecule has 7 nitrogen and oxygen atoms in total. The second-order valence-corrected chi connectivity index (χ2v) is 11.4. The first-order valence-corrected chi connectivity index (χ1v) is 16.5. The second-order valence-electron chi connectivity index (χ2n) is 11.4. The van der Waals surface area contributed by atoms with Gasteiger partial charge in [-0.15, -0.1) is 0 Å². The molecule has 44 heavy (non-hydrogen) atoms. The zero-order valence-electron chi connectivity index (χ0n) is 26.3. The maximum atomic E-state index is 12.2. The van der Waals surface area contributed by atoms with E-state index in [1.54, 1.807) is 72.8 Å². The molecule has 0 bridgehead atoms. The average molecular weight is 603 g/mol. The molecule has 3 rings (SSSR count). The molecular formula is C37H50N2O5. The van der Waals surface area contributed by atoms with Gasteiger partial charge in [-0.3, -0.25) is 10.1 Å². The van der Waals surface area contributed by atoms with Crippen LogP contribution in [0.5, 0.6) is 28.7 Å². The third kappa shape index (κ3) is 14.9. The number of urea groups is 1. The van der Waals surface area contributed by atoms with Crippen molar-refractivity contribution in [2.75, 3.05) is 5.32 Å². The molecule has 3 amide bonds. The summed E-state index contributed by atoms with van der Waals surface area (Å²) in [6.45, 7) is 2.26. The molecule has 3 N–H and O–H groups in total. The highest BCUT2D eigenvalue weighted by molar-refractivity contribution is 6.01. The first kappa shape index (κ1) is 34.5. The standard InChI is InChI=1S/C37H50N2O5/c1-2-3-4-5-6-7-8-9-10-11-12-13-14-15-16-17-36(41)39-37(42)38-30-18-22-32(23-19-30)43-34-26-28-35(29-27-34)44-33-24-20-31(40)21-25-33/h18-29,40H,2-17H2,1H3,(H2,38,39,41,42). The van der Waals surface area contributed by atoms with Crippen molar-refractivity contribution in [1.82, 2.24) is 5.32 Å². The van der Waals surface area contributed by atoms with Gasteiger partial charge >= 0.3 is 6.03 Å². The number of imide groups is 1. The Hall–Kier alpha value is -4.00. The fourth-order valence-corrected chi connectivity index (χ4v) is 4.98. The van der Waals surface area contributed by atoms with Gasteiger partial charge in [-0.2, -0.15) is 0 Å². The van der Waals surface area contributed by atoms with Gasteiger partial charge in [0, 0.05) is 12.1 Å². The van der Waals surface area contributed by atoms with Crippen LogP contribution in [0.3, 0.4) is 0 Å². The summed E-state index contributed by atoms with van der Waals surface area (Å²) in [7, 11) is 0. The summed E-state index contributed by atoms with van der Waals surface area (Å²) < 4.78 is 11.6. The molecule has 3 aromatic rings. The minimum Gasteiger partial charge on any atom is -0.508 e. The highest BCUT2D eigenvalue weighted by Crippen LogP contribution is 2.28. The number of phenolic OH excluding ortho intramolecular Hbond substituents is 1. The topological polar surface area (TPSA) is 96.9 Å². The molecular weight excluding hydrogens is 552 g/mol. The van der Waals surface area contributed by atoms with Gasteiger partial charge in [0.1, 0.15) is 28.7 Å². The Bertz CT molecular complexity index is 1210. The van der Waals surface area contributed by atoms with E-state index < -0.39 is 6.03 Å². The fraction of sp³-hybridized carbons (Fsp3) is 0.459. The molecule has 0 spiro atoms. The van der Waals surface area contributed by atoms with Crippen molar-refractivity contribution in [2.45, 2.75) is 110 Å². The molecule has 0 atom stereocenters. The average Bonchev–Trinajstić information content (AvgIpc) is 3.02. The maximum absolute atomic E-state index is 12.2. The van der Waals surface area contributed by atoms with Crippen molar-refractivity contribution in [1.29, 1.82) is 0 Å². The third-order valence-corrected chi connectivity index (χ3v) is 7.50. The van der Waals surface area contributed by atoms with E-state index in [2.05, 4.69) is 17.6 Å². The van der Waals surface area contributed by atoms with Gasteiger partial charge in [0.15, 0.2) is 0 Å². The number of aromatic hydroxyl groups is 1. The van der Waals surface area contributed by atoms with E-state index in [9.17, 15) is 14.7 Å². The van der Waals surface area contributed by atoms with Crippen LogP contribution in [-0.4, -0.2) is 17.0 Å². The van der Waals surface area contributed by atoms with Crippen LogP contribution in [0, 0.1) is 0 Å². The molecule has 0 saturated carbocycles. The van der Waals surface area contributed by atoms with E-state index in [0.717, 1.165) is 19.3 Å². The number of rotatable bonds is 21. The molecule has 0 radical (unpaired) electrons. The Morgan fingerprint density at radius 1 is 0.545 bits per heavy atom. The third-order valence-electron chi connectivity index (χ3n) is 7.50. The minimum atomic E-state index is -0.533. The van der Waals surface area contributed by atoms with Gasteiger partial charge in [0.05, 0.1) is 0 Å². The lowest BCUT2D eigenvalue weighted by Crippen LogP contribution is -2.34. The molecule has 0 heterocycles. The van der Waals surface area contributed by atoms with Crippen LogP contribution in [0.15, 0.2) is 72.8 Å². The number of phenols is 1. The molecule has 0 fully saturated rings. The Balaban J connectivity index is 1.20. The monoisotopic (exact) mass is 602 g/mol. The summed E-state index contributed by atoms with van der Waals surface area (Å²) in [5.74, 6) is 2.42. The number of hydrogen-bond donors (Lipinski definition) is 3. The number of hydrogen-bond acceptors (Lipinski definition) is 5. The number of anilines is 1. The quantitative estimate of drug-likeness (QED) is 0.105. The predicted octanol–water partition coefficient (Wildman–Crippen LogP) is 10.9. The van der Waals surface area contributed by atoms with Crippen molar-refractivity contribution < 1.29 is 24.2 Å². The largest absolute Gasteiger partial charge is 0.508 e. The van der Waals surface area contributed by atoms with Crippen molar-refractivity contribution >= 4 is 17.6 Å². The van der Waals surface area contributed by atoms with Crippen LogP contribution in [0.2, 0.25) is 0 Å². The fourth-order valence-electron chi connectivity index (χ4n) is 4.98. The van der Waals surface area contributed by atoms with Crippen LogP contribution < -0.4 is 20.1 Å². The summed E-state index contributed by atoms with van der Waals surface area (Å²) in [4.78, 5) is 24.4. The molecule has 0 aliphatic carbocycles. The lowest BCUT2D eigenvalue weighted by Gasteiger charge is -2.10. The van der Waals surface area contributed by atoms with Crippen molar-refractivity contribution in [3.63, 3.8) is 0 Å². The van der Waals surface area contributed by atoms with Crippen LogP contribution in [-0.2, 0) is 4.79 Å². The van der Waals surface area contributed by atoms with Crippen LogP contribution in [0.25, 0.3) is 0 Å². The first-order valence-electron chi connectivity index (χ1n) is 16.5. The number of carbonyl (C=O) groups excluding carboxylic acids is 2. The molecule has 3 aromatic carbocycles. The number of carbonyl (C=O) groups is 2. The second kappa shape index (κ2) is 20.8. The lowest BCUT2D eigenvalue weighted by atomic mass is 10.0. The summed E-state index contributed by atoms with van der Waals surface area (Å²) in [6, 6.07) is 20.1. The minimum absolute atomic E-state index is 0.182. The number of ether oxygens (including phenoxy) is 2. The van der Waals surface area contributed by atoms with Gasteiger partial charge in [0.2, 0.25) is 5.91 Å².